The zero-order valence-corrected chi connectivity index (χ0v) is 64.1. The molecule has 0 aromatic carbocycles. The largest absolute Gasteiger partial charge is 0.390 e. The number of thioether (sulfide) groups is 1. The topological polar surface area (TPSA) is 311 Å². The molecule has 0 saturated carbocycles. The van der Waals surface area contributed by atoms with Crippen LogP contribution in [0, 0.1) is 35.5 Å². The Kier molecular flexibility index (Phi) is 37.5. The fourth-order valence-corrected chi connectivity index (χ4v) is 13.1. The lowest BCUT2D eigenvalue weighted by molar-refractivity contribution is -0.157. The lowest BCUT2D eigenvalue weighted by atomic mass is 9.91. The van der Waals surface area contributed by atoms with Gasteiger partial charge in [-0.25, -0.2) is 0 Å². The van der Waals surface area contributed by atoms with Gasteiger partial charge in [0.1, 0.15) is 66.5 Å². The van der Waals surface area contributed by atoms with E-state index in [9.17, 15) is 34.2 Å². The second-order valence-electron chi connectivity index (χ2n) is 29.6. The number of nitrogens with one attached hydrogen (secondary N) is 5. The van der Waals surface area contributed by atoms with Gasteiger partial charge in [0.05, 0.1) is 11.7 Å². The summed E-state index contributed by atoms with van der Waals surface area (Å²) in [5, 5.41) is 38.2. The van der Waals surface area contributed by atoms with Crippen LogP contribution in [-0.4, -0.2) is 261 Å². The van der Waals surface area contributed by atoms with Gasteiger partial charge in [-0.2, -0.15) is 11.8 Å². The summed E-state index contributed by atoms with van der Waals surface area (Å²) in [5.41, 5.74) is -1.58. The summed E-state index contributed by atoms with van der Waals surface area (Å²) in [6.45, 7) is 33.8. The van der Waals surface area contributed by atoms with E-state index in [1.165, 1.54) is 113 Å². The molecule has 11 amide bonds. The zero-order chi connectivity index (χ0) is 74.3. The number of amides is 11. The van der Waals surface area contributed by atoms with Gasteiger partial charge in [0, 0.05) is 67.5 Å². The van der Waals surface area contributed by atoms with Crippen LogP contribution in [0.2, 0.25) is 0 Å². The van der Waals surface area contributed by atoms with Crippen molar-refractivity contribution in [1.82, 2.24) is 60.9 Å². The lowest BCUT2D eigenvalue weighted by Gasteiger charge is -2.41. The molecule has 96 heavy (non-hydrogen) atoms. The van der Waals surface area contributed by atoms with Crippen molar-refractivity contribution in [2.45, 2.75) is 267 Å². The van der Waals surface area contributed by atoms with Gasteiger partial charge in [-0.15, -0.1) is 0 Å². The van der Waals surface area contributed by atoms with Crippen LogP contribution in [0.5, 0.6) is 0 Å². The number of hydrogen-bond acceptors (Lipinski definition) is 15. The summed E-state index contributed by atoms with van der Waals surface area (Å²) in [6.07, 6.45) is 3.94. The van der Waals surface area contributed by atoms with E-state index in [1.807, 2.05) is 61.5 Å². The highest BCUT2D eigenvalue weighted by Crippen LogP contribution is 2.27. The van der Waals surface area contributed by atoms with Gasteiger partial charge in [0.2, 0.25) is 65.0 Å². The van der Waals surface area contributed by atoms with E-state index in [1.54, 1.807) is 54.5 Å². The van der Waals surface area contributed by atoms with Crippen molar-refractivity contribution in [1.29, 1.82) is 0 Å². The average Bonchev–Trinajstić information content (AvgIpc) is 0.810. The number of rotatable bonds is 23. The van der Waals surface area contributed by atoms with Gasteiger partial charge in [0.15, 0.2) is 0 Å². The molecule has 1 saturated heterocycles. The van der Waals surface area contributed by atoms with Crippen molar-refractivity contribution in [2.24, 2.45) is 35.5 Å². The number of aliphatic hydroxyl groups is 2. The van der Waals surface area contributed by atoms with E-state index in [0.717, 1.165) is 29.2 Å². The smallest absolute Gasteiger partial charge is 0.246 e. The summed E-state index contributed by atoms with van der Waals surface area (Å²) in [5.74, 6) is -9.64. The molecule has 1 fully saturated rings. The minimum atomic E-state index is -1.66. The summed E-state index contributed by atoms with van der Waals surface area (Å²) in [7, 11) is 9.90. The fraction of sp³-hybridized carbons (Fsp3) is 0.814. The first-order chi connectivity index (χ1) is 44.3. The third kappa shape index (κ3) is 26.4. The Bertz CT molecular complexity index is 2600. The van der Waals surface area contributed by atoms with E-state index in [4.69, 9.17) is 0 Å². The molecule has 0 aromatic rings. The monoisotopic (exact) mass is 1380 g/mol. The summed E-state index contributed by atoms with van der Waals surface area (Å²) in [6, 6.07) is -14.1. The van der Waals surface area contributed by atoms with Crippen LogP contribution >= 0.6 is 11.8 Å². The van der Waals surface area contributed by atoms with Gasteiger partial charge in [-0.05, 0) is 127 Å². The molecule has 0 aromatic heterocycles. The SMILES string of the molecule is CC=CC[C@@H](C)[C@@H](O)[C@H]1C(=O)N[C@@H](CC)C(=O)N(C)[C@H](CSCCCCNC(C)C)C(=O)N(C)[C@@H](CC(C)(C)O)C(=O)N[C@@H](C(C)C)C(=O)N(C)[C@@H](CC(C)C)C(=O)N[C@@H](C)C(=O)N[C@H](C)C(=O)N(C)[C@@H](CC(C)C)C(=O)N(C)[C@@H](CC(C)C)C(=O)N(C)[C@@H](C(C)C)C(=O)N1C. The molecule has 0 aliphatic carbocycles. The number of carbonyl (C=O) groups excluding carboxylic acids is 11. The van der Waals surface area contributed by atoms with E-state index in [-0.39, 0.29) is 68.1 Å². The Morgan fingerprint density at radius 2 is 0.958 bits per heavy atom. The fourth-order valence-electron chi connectivity index (χ4n) is 11.9. The predicted molar refractivity (Wildman–Crippen MR) is 379 cm³/mol. The molecule has 0 spiro atoms. The molecule has 552 valence electrons. The molecule has 0 radical (unpaired) electrons. The maximum Gasteiger partial charge on any atom is 0.246 e. The number of hydrogen-bond donors (Lipinski definition) is 7. The van der Waals surface area contributed by atoms with E-state index in [2.05, 4.69) is 26.6 Å². The normalized spacial score (nSPS) is 26.2. The summed E-state index contributed by atoms with van der Waals surface area (Å²) in [4.78, 5) is 173. The van der Waals surface area contributed by atoms with Crippen LogP contribution in [-0.2, 0) is 52.7 Å². The molecule has 1 heterocycles. The molecule has 1 aliphatic heterocycles. The second kappa shape index (κ2) is 40.9. The quantitative estimate of drug-likeness (QED) is 0.0555. The van der Waals surface area contributed by atoms with Gasteiger partial charge in [0.25, 0.3) is 0 Å². The van der Waals surface area contributed by atoms with Crippen LogP contribution < -0.4 is 26.6 Å². The first-order valence-corrected chi connectivity index (χ1v) is 35.9. The van der Waals surface area contributed by atoms with Crippen molar-refractivity contribution in [3.63, 3.8) is 0 Å². The van der Waals surface area contributed by atoms with Crippen molar-refractivity contribution < 1.29 is 63.0 Å². The van der Waals surface area contributed by atoms with Crippen LogP contribution in [0.3, 0.4) is 0 Å². The second-order valence-corrected chi connectivity index (χ2v) is 30.7. The van der Waals surface area contributed by atoms with Crippen molar-refractivity contribution >= 4 is 76.7 Å². The van der Waals surface area contributed by atoms with Crippen LogP contribution in [0.15, 0.2) is 12.2 Å². The van der Waals surface area contributed by atoms with Crippen LogP contribution in [0.4, 0.5) is 0 Å². The minimum absolute atomic E-state index is 0.0247. The van der Waals surface area contributed by atoms with Crippen molar-refractivity contribution in [2.75, 3.05) is 67.4 Å². The number of aliphatic hydroxyl groups excluding tert-OH is 1. The number of unbranched alkanes of at least 4 members (excludes halogenated alkanes) is 1. The molecular weight excluding hydrogens is 1250 g/mol. The van der Waals surface area contributed by atoms with Gasteiger partial charge < -0.3 is 71.1 Å². The third-order valence-corrected chi connectivity index (χ3v) is 19.1. The Morgan fingerprint density at radius 1 is 0.510 bits per heavy atom. The highest BCUT2D eigenvalue weighted by atomic mass is 32.2. The maximum absolute atomic E-state index is 15.4. The molecular formula is C70H128N12O13S. The average molecular weight is 1380 g/mol. The van der Waals surface area contributed by atoms with Crippen LogP contribution in [0.1, 0.15) is 183 Å². The molecule has 1 aliphatic rings. The van der Waals surface area contributed by atoms with Crippen molar-refractivity contribution in [3.05, 3.63) is 12.2 Å². The molecule has 7 N–H and O–H groups in total. The molecule has 13 atom stereocenters. The third-order valence-electron chi connectivity index (χ3n) is 17.9. The van der Waals surface area contributed by atoms with Crippen LogP contribution in [0.25, 0.3) is 0 Å². The summed E-state index contributed by atoms with van der Waals surface area (Å²) < 4.78 is 0. The van der Waals surface area contributed by atoms with Gasteiger partial charge in [-0.1, -0.05) is 109 Å². The standard InChI is InChI=1S/C70H128N12O13S/c1-27-29-32-46(15)58(83)57-62(87)74-49(28-2)64(89)80(24)54(39-96-34-31-30-33-71-45(13)14)67(92)79(23)53(38-70(18,19)95)61(86)75-55(43(9)10)68(93)76(20)50(35-40(3)4)60(85)72-47(16)59(84)73-48(17)63(88)77(21)51(36-41(5)6)65(90)78(22)52(37-42(7)8)66(91)81(25)56(44(11)12)69(94)82(57)26/h27,29,40-58,71,83,95H,28,30-39H2,1-26H3,(H,72,85)(H,73,84)(H,74,87)(H,75,86)/t46-,47+,48-,49+,50+,51+,52+,53+,54-,55+,56+,57+,58-/m1/s1. The molecule has 25 nitrogen and oxygen atoms in total. The Morgan fingerprint density at radius 3 is 1.44 bits per heavy atom. The van der Waals surface area contributed by atoms with E-state index in [0.29, 0.717) is 5.75 Å². The maximum atomic E-state index is 15.4. The highest BCUT2D eigenvalue weighted by Gasteiger charge is 2.47. The number of likely N-dealkylation sites (N-methyl/N-ethyl adjacent to an activating group) is 7. The predicted octanol–water partition coefficient (Wildman–Crippen LogP) is 4.26. The van der Waals surface area contributed by atoms with Gasteiger partial charge >= 0.3 is 0 Å². The zero-order valence-electron chi connectivity index (χ0n) is 63.3. The molecule has 0 bridgehead atoms. The summed E-state index contributed by atoms with van der Waals surface area (Å²) >= 11 is 1.41. The molecule has 26 heteroatoms. The van der Waals surface area contributed by atoms with E-state index < -0.39 is 161 Å². The first kappa shape index (κ1) is 88.2. The first-order valence-electron chi connectivity index (χ1n) is 34.7. The van der Waals surface area contributed by atoms with Crippen molar-refractivity contribution in [3.8, 4) is 0 Å². The Hall–Kier alpha value is -5.86. The van der Waals surface area contributed by atoms with E-state index >= 15 is 28.8 Å². The Labute approximate surface area is 580 Å². The molecule has 0 unspecified atom stereocenters. The number of nitrogens with zero attached hydrogens (tertiary/aromatic N) is 7. The number of allylic oxidation sites excluding steroid dienone is 2. The lowest BCUT2D eigenvalue weighted by Crippen LogP contribution is -2.64. The minimum Gasteiger partial charge on any atom is -0.390 e. The Balaban J connectivity index is 4.56. The highest BCUT2D eigenvalue weighted by molar-refractivity contribution is 7.99. The van der Waals surface area contributed by atoms with Gasteiger partial charge in [-0.3, -0.25) is 52.7 Å². The molecule has 1 rings (SSSR count). The number of carbonyl (C=O) groups is 11.